The molecule has 1 unspecified atom stereocenters. The molecular formula is C25H34N2O2. The van der Waals surface area contributed by atoms with E-state index in [0.29, 0.717) is 6.04 Å². The van der Waals surface area contributed by atoms with E-state index in [0.717, 1.165) is 37.1 Å². The Hall–Kier alpha value is -1.84. The first kappa shape index (κ1) is 19.1. The zero-order valence-electron chi connectivity index (χ0n) is 18.3. The standard InChI is InChI=1S/C25H34N2O2/c1-16-13-17(15-26-14-16)19-6-7-20-18-5-8-22-25(3,11-12-27(22)23(28)29-4)21(18)9-10-24(19,20)2/h6,13-15,18,20-22H,5,7-12H2,1-4H3/t18-,20-,21-,22?,24+,25+/m0/s1. The van der Waals surface area contributed by atoms with Gasteiger partial charge in [0.1, 0.15) is 0 Å². The van der Waals surface area contributed by atoms with Crippen LogP contribution >= 0.6 is 0 Å². The minimum Gasteiger partial charge on any atom is -0.453 e. The third-order valence-corrected chi connectivity index (χ3v) is 9.26. The molecule has 0 aromatic carbocycles. The van der Waals surface area contributed by atoms with Gasteiger partial charge in [-0.15, -0.1) is 0 Å². The summed E-state index contributed by atoms with van der Waals surface area (Å²) in [4.78, 5) is 18.8. The van der Waals surface area contributed by atoms with Crippen molar-refractivity contribution in [3.63, 3.8) is 0 Å². The van der Waals surface area contributed by atoms with Crippen LogP contribution < -0.4 is 0 Å². The lowest BCUT2D eigenvalue weighted by Crippen LogP contribution is -2.54. The molecule has 0 bridgehead atoms. The van der Waals surface area contributed by atoms with Gasteiger partial charge in [-0.25, -0.2) is 4.79 Å². The summed E-state index contributed by atoms with van der Waals surface area (Å²) in [5.41, 5.74) is 4.61. The quantitative estimate of drug-likeness (QED) is 0.634. The van der Waals surface area contributed by atoms with Gasteiger partial charge in [0.2, 0.25) is 0 Å². The topological polar surface area (TPSA) is 42.4 Å². The first-order valence-corrected chi connectivity index (χ1v) is 11.4. The third-order valence-electron chi connectivity index (χ3n) is 9.26. The summed E-state index contributed by atoms with van der Waals surface area (Å²) in [6.45, 7) is 7.97. The maximum absolute atomic E-state index is 12.3. The fourth-order valence-electron chi connectivity index (χ4n) is 7.87. The molecule has 1 aromatic rings. The molecule has 4 nitrogen and oxygen atoms in total. The number of aryl methyl sites for hydroxylation is 1. The van der Waals surface area contributed by atoms with Crippen LogP contribution in [0.4, 0.5) is 4.79 Å². The Bertz CT molecular complexity index is 864. The number of ether oxygens (including phenoxy) is 1. The van der Waals surface area contributed by atoms with Gasteiger partial charge >= 0.3 is 6.09 Å². The average molecular weight is 395 g/mol. The molecule has 0 spiro atoms. The van der Waals surface area contributed by atoms with Crippen LogP contribution in [0.5, 0.6) is 0 Å². The highest BCUT2D eigenvalue weighted by Crippen LogP contribution is 2.66. The number of hydrogen-bond acceptors (Lipinski definition) is 3. The molecule has 1 amide bonds. The Labute approximate surface area is 174 Å². The fourth-order valence-corrected chi connectivity index (χ4v) is 7.87. The molecule has 2 saturated carbocycles. The van der Waals surface area contributed by atoms with Crippen molar-refractivity contribution in [1.29, 1.82) is 0 Å². The third kappa shape index (κ3) is 2.63. The SMILES string of the molecule is COC(=O)N1CC[C@@]2(C)C1CC[C@@H]1[C@@H]2CC[C@]2(C)C(c3cncc(C)c3)=CC[C@@H]12. The van der Waals surface area contributed by atoms with Crippen LogP contribution in [0, 0.1) is 35.5 Å². The van der Waals surface area contributed by atoms with E-state index in [4.69, 9.17) is 4.74 Å². The molecule has 4 aliphatic rings. The molecule has 0 N–H and O–H groups in total. The van der Waals surface area contributed by atoms with Crippen LogP contribution in [0.3, 0.4) is 0 Å². The van der Waals surface area contributed by atoms with Crippen LogP contribution in [0.2, 0.25) is 0 Å². The number of likely N-dealkylation sites (tertiary alicyclic amines) is 1. The summed E-state index contributed by atoms with van der Waals surface area (Å²) in [6.07, 6.45) is 13.6. The van der Waals surface area contributed by atoms with Gasteiger partial charge in [-0.3, -0.25) is 4.98 Å². The number of aromatic nitrogens is 1. The molecule has 2 heterocycles. The summed E-state index contributed by atoms with van der Waals surface area (Å²) in [5, 5.41) is 0. The number of amides is 1. The van der Waals surface area contributed by atoms with Crippen molar-refractivity contribution in [2.75, 3.05) is 13.7 Å². The Morgan fingerprint density at radius 1 is 1.17 bits per heavy atom. The molecule has 0 radical (unpaired) electrons. The molecular weight excluding hydrogens is 360 g/mol. The molecule has 1 aliphatic heterocycles. The van der Waals surface area contributed by atoms with Crippen LogP contribution in [-0.2, 0) is 4.74 Å². The number of rotatable bonds is 1. The van der Waals surface area contributed by atoms with Gasteiger partial charge in [0.25, 0.3) is 0 Å². The Balaban J connectivity index is 1.43. The van der Waals surface area contributed by atoms with E-state index in [9.17, 15) is 4.79 Å². The Morgan fingerprint density at radius 2 is 2.00 bits per heavy atom. The Kier molecular flexibility index (Phi) is 4.34. The second-order valence-corrected chi connectivity index (χ2v) is 10.4. The highest BCUT2D eigenvalue weighted by Gasteiger charge is 2.61. The number of carbonyl (C=O) groups excluding carboxylic acids is 1. The predicted octanol–water partition coefficient (Wildman–Crippen LogP) is 5.47. The van der Waals surface area contributed by atoms with Crippen molar-refractivity contribution in [3.8, 4) is 0 Å². The minimum atomic E-state index is -0.130. The molecule has 4 heteroatoms. The number of fused-ring (bicyclic) bond motifs is 5. The second kappa shape index (κ2) is 6.58. The van der Waals surface area contributed by atoms with Crippen molar-refractivity contribution in [2.45, 2.75) is 65.3 Å². The average Bonchev–Trinajstić information content (AvgIpc) is 3.24. The van der Waals surface area contributed by atoms with Gasteiger partial charge in [0.05, 0.1) is 7.11 Å². The van der Waals surface area contributed by atoms with Crippen molar-refractivity contribution < 1.29 is 9.53 Å². The highest BCUT2D eigenvalue weighted by molar-refractivity contribution is 5.73. The fraction of sp³-hybridized carbons (Fsp3) is 0.680. The largest absolute Gasteiger partial charge is 0.453 e. The maximum atomic E-state index is 12.3. The van der Waals surface area contributed by atoms with Crippen LogP contribution in [0.25, 0.3) is 5.57 Å². The molecule has 3 fully saturated rings. The number of methoxy groups -OCH3 is 1. The van der Waals surface area contributed by atoms with E-state index in [1.54, 1.807) is 0 Å². The van der Waals surface area contributed by atoms with Crippen molar-refractivity contribution in [1.82, 2.24) is 9.88 Å². The number of carbonyl (C=O) groups is 1. The van der Waals surface area contributed by atoms with Crippen molar-refractivity contribution >= 4 is 11.7 Å². The highest BCUT2D eigenvalue weighted by atomic mass is 16.5. The summed E-state index contributed by atoms with van der Waals surface area (Å²) in [5.74, 6) is 2.21. The summed E-state index contributed by atoms with van der Waals surface area (Å²) in [7, 11) is 1.52. The van der Waals surface area contributed by atoms with Gasteiger partial charge < -0.3 is 9.64 Å². The lowest BCUT2D eigenvalue weighted by atomic mass is 9.48. The molecule has 1 aromatic heterocycles. The van der Waals surface area contributed by atoms with Crippen LogP contribution in [0.1, 0.15) is 63.5 Å². The first-order valence-electron chi connectivity index (χ1n) is 11.4. The smallest absolute Gasteiger partial charge is 0.409 e. The van der Waals surface area contributed by atoms with E-state index < -0.39 is 0 Å². The molecule has 1 saturated heterocycles. The van der Waals surface area contributed by atoms with E-state index in [-0.39, 0.29) is 16.9 Å². The van der Waals surface area contributed by atoms with Gasteiger partial charge in [0, 0.05) is 25.0 Å². The molecule has 156 valence electrons. The molecule has 3 aliphatic carbocycles. The molecule has 5 rings (SSSR count). The minimum absolute atomic E-state index is 0.130. The zero-order valence-corrected chi connectivity index (χ0v) is 18.3. The second-order valence-electron chi connectivity index (χ2n) is 10.4. The first-order chi connectivity index (χ1) is 13.9. The number of nitrogens with zero attached hydrogens (tertiary/aromatic N) is 2. The molecule has 6 atom stereocenters. The summed E-state index contributed by atoms with van der Waals surface area (Å²) in [6, 6.07) is 2.66. The predicted molar refractivity (Wildman–Crippen MR) is 114 cm³/mol. The number of pyridine rings is 1. The van der Waals surface area contributed by atoms with Crippen molar-refractivity contribution in [2.24, 2.45) is 28.6 Å². The van der Waals surface area contributed by atoms with E-state index in [2.05, 4.69) is 44.1 Å². The zero-order chi connectivity index (χ0) is 20.4. The lowest BCUT2D eigenvalue weighted by Gasteiger charge is -2.57. The van der Waals surface area contributed by atoms with E-state index in [1.807, 2.05) is 11.1 Å². The monoisotopic (exact) mass is 394 g/mol. The number of allylic oxidation sites excluding steroid dienone is 2. The van der Waals surface area contributed by atoms with Crippen LogP contribution in [-0.4, -0.2) is 35.7 Å². The van der Waals surface area contributed by atoms with Crippen molar-refractivity contribution in [3.05, 3.63) is 35.7 Å². The van der Waals surface area contributed by atoms with Gasteiger partial charge in [-0.05, 0) is 96.8 Å². The van der Waals surface area contributed by atoms with E-state index in [1.165, 1.54) is 49.5 Å². The summed E-state index contributed by atoms with van der Waals surface area (Å²) < 4.78 is 5.09. The maximum Gasteiger partial charge on any atom is 0.409 e. The van der Waals surface area contributed by atoms with Gasteiger partial charge in [-0.2, -0.15) is 0 Å². The Morgan fingerprint density at radius 3 is 2.76 bits per heavy atom. The van der Waals surface area contributed by atoms with Gasteiger partial charge in [0.15, 0.2) is 0 Å². The van der Waals surface area contributed by atoms with Gasteiger partial charge in [-0.1, -0.05) is 19.9 Å². The van der Waals surface area contributed by atoms with E-state index >= 15 is 0 Å². The number of hydrogen-bond donors (Lipinski definition) is 0. The van der Waals surface area contributed by atoms with Crippen LogP contribution in [0.15, 0.2) is 24.5 Å². The summed E-state index contributed by atoms with van der Waals surface area (Å²) >= 11 is 0. The normalized spacial score (nSPS) is 40.7. The lowest BCUT2D eigenvalue weighted by molar-refractivity contribution is -0.0608. The molecule has 29 heavy (non-hydrogen) atoms.